The lowest BCUT2D eigenvalue weighted by atomic mass is 10.0. The standard InChI is InChI=1S/C28H26ClN3O2/c1-2-34-28(33)25(17-20-11-5-3-6-12-20)32-27-24(18-22-15-9-10-16-23(22)29)31-26(19-30-27)21-13-7-4-8-14-21/h3-16,19,25H,2,17-18H2,1H3,(H,30,32)/t25-/m0/s1. The number of ether oxygens (including phenoxy) is 1. The van der Waals surface area contributed by atoms with Gasteiger partial charge in [0.25, 0.3) is 0 Å². The lowest BCUT2D eigenvalue weighted by Gasteiger charge is -2.20. The maximum atomic E-state index is 12.8. The van der Waals surface area contributed by atoms with Gasteiger partial charge in [-0.1, -0.05) is 90.5 Å². The average Bonchev–Trinajstić information content (AvgIpc) is 2.87. The molecular weight excluding hydrogens is 446 g/mol. The van der Waals surface area contributed by atoms with E-state index in [1.54, 1.807) is 13.1 Å². The Morgan fingerprint density at radius 3 is 2.35 bits per heavy atom. The van der Waals surface area contributed by atoms with E-state index in [9.17, 15) is 4.79 Å². The largest absolute Gasteiger partial charge is 0.464 e. The van der Waals surface area contributed by atoms with Crippen LogP contribution in [-0.4, -0.2) is 28.6 Å². The SMILES string of the molecule is CCOC(=O)[C@H](Cc1ccccc1)Nc1ncc(-c2ccccc2)nc1Cc1ccccc1Cl. The van der Waals surface area contributed by atoms with E-state index < -0.39 is 6.04 Å². The molecular formula is C28H26ClN3O2. The van der Waals surface area contributed by atoms with E-state index in [0.29, 0.717) is 36.0 Å². The van der Waals surface area contributed by atoms with E-state index in [1.807, 2.05) is 84.9 Å². The van der Waals surface area contributed by atoms with Crippen LogP contribution in [0.1, 0.15) is 23.7 Å². The summed E-state index contributed by atoms with van der Waals surface area (Å²) < 4.78 is 5.35. The number of benzene rings is 3. The van der Waals surface area contributed by atoms with Gasteiger partial charge in [0.15, 0.2) is 0 Å². The number of carbonyl (C=O) groups excluding carboxylic acids is 1. The van der Waals surface area contributed by atoms with E-state index in [0.717, 1.165) is 22.4 Å². The third-order valence-corrected chi connectivity index (χ3v) is 5.76. The zero-order valence-corrected chi connectivity index (χ0v) is 19.7. The fourth-order valence-electron chi connectivity index (χ4n) is 3.69. The van der Waals surface area contributed by atoms with Gasteiger partial charge in [-0.25, -0.2) is 14.8 Å². The summed E-state index contributed by atoms with van der Waals surface area (Å²) in [5, 5.41) is 3.97. The van der Waals surface area contributed by atoms with Crippen LogP contribution >= 0.6 is 11.6 Å². The highest BCUT2D eigenvalue weighted by Crippen LogP contribution is 2.25. The second kappa shape index (κ2) is 11.4. The van der Waals surface area contributed by atoms with Crippen LogP contribution in [0.25, 0.3) is 11.3 Å². The molecule has 34 heavy (non-hydrogen) atoms. The molecule has 5 nitrogen and oxygen atoms in total. The Bertz CT molecular complexity index is 1230. The molecule has 0 saturated carbocycles. The van der Waals surface area contributed by atoms with E-state index >= 15 is 0 Å². The van der Waals surface area contributed by atoms with E-state index in [-0.39, 0.29) is 5.97 Å². The number of halogens is 1. The number of esters is 1. The van der Waals surface area contributed by atoms with Crippen LogP contribution < -0.4 is 5.32 Å². The minimum atomic E-state index is -0.607. The second-order valence-corrected chi connectivity index (χ2v) is 8.23. The highest BCUT2D eigenvalue weighted by Gasteiger charge is 2.23. The molecule has 0 aliphatic carbocycles. The van der Waals surface area contributed by atoms with Crippen molar-refractivity contribution in [3.8, 4) is 11.3 Å². The number of aromatic nitrogens is 2. The molecule has 0 amide bonds. The number of hydrogen-bond acceptors (Lipinski definition) is 5. The Balaban J connectivity index is 1.70. The van der Waals surface area contributed by atoms with Crippen molar-refractivity contribution in [2.24, 2.45) is 0 Å². The topological polar surface area (TPSA) is 64.1 Å². The number of rotatable bonds is 9. The van der Waals surface area contributed by atoms with Crippen LogP contribution in [0.15, 0.2) is 91.1 Å². The molecule has 0 spiro atoms. The van der Waals surface area contributed by atoms with Crippen molar-refractivity contribution in [1.82, 2.24) is 9.97 Å². The number of nitrogens with zero attached hydrogens (tertiary/aromatic N) is 2. The molecule has 0 bridgehead atoms. The maximum Gasteiger partial charge on any atom is 0.328 e. The van der Waals surface area contributed by atoms with Crippen molar-refractivity contribution in [2.45, 2.75) is 25.8 Å². The first-order chi connectivity index (χ1) is 16.6. The molecule has 1 atom stereocenters. The molecule has 3 aromatic carbocycles. The van der Waals surface area contributed by atoms with Crippen molar-refractivity contribution >= 4 is 23.4 Å². The highest BCUT2D eigenvalue weighted by molar-refractivity contribution is 6.31. The van der Waals surface area contributed by atoms with Crippen LogP contribution in [0.5, 0.6) is 0 Å². The van der Waals surface area contributed by atoms with Gasteiger partial charge in [0, 0.05) is 23.4 Å². The van der Waals surface area contributed by atoms with Crippen molar-refractivity contribution in [1.29, 1.82) is 0 Å². The Kier molecular flexibility index (Phi) is 7.89. The molecule has 0 aliphatic heterocycles. The zero-order valence-electron chi connectivity index (χ0n) is 18.9. The predicted octanol–water partition coefficient (Wildman–Crippen LogP) is 5.97. The minimum absolute atomic E-state index is 0.302. The van der Waals surface area contributed by atoms with Gasteiger partial charge in [-0.3, -0.25) is 0 Å². The number of anilines is 1. The monoisotopic (exact) mass is 471 g/mol. The molecule has 0 radical (unpaired) electrons. The van der Waals surface area contributed by atoms with Crippen molar-refractivity contribution in [3.63, 3.8) is 0 Å². The molecule has 6 heteroatoms. The third kappa shape index (κ3) is 6.00. The van der Waals surface area contributed by atoms with Crippen LogP contribution in [0.3, 0.4) is 0 Å². The highest BCUT2D eigenvalue weighted by atomic mass is 35.5. The summed E-state index contributed by atoms with van der Waals surface area (Å²) in [6.45, 7) is 2.10. The molecule has 0 unspecified atom stereocenters. The van der Waals surface area contributed by atoms with Crippen LogP contribution in [0, 0.1) is 0 Å². The van der Waals surface area contributed by atoms with Gasteiger partial charge < -0.3 is 10.1 Å². The fraction of sp³-hybridized carbons (Fsp3) is 0.179. The first-order valence-electron chi connectivity index (χ1n) is 11.3. The summed E-state index contributed by atoms with van der Waals surface area (Å²) in [7, 11) is 0. The second-order valence-electron chi connectivity index (χ2n) is 7.82. The Morgan fingerprint density at radius 1 is 0.971 bits per heavy atom. The van der Waals surface area contributed by atoms with E-state index in [4.69, 9.17) is 21.3 Å². The molecule has 0 fully saturated rings. The first kappa shape index (κ1) is 23.5. The van der Waals surface area contributed by atoms with Crippen LogP contribution in [0.4, 0.5) is 5.82 Å². The third-order valence-electron chi connectivity index (χ3n) is 5.39. The molecule has 4 rings (SSSR count). The van der Waals surface area contributed by atoms with E-state index in [1.165, 1.54) is 0 Å². The minimum Gasteiger partial charge on any atom is -0.464 e. The number of hydrogen-bond donors (Lipinski definition) is 1. The molecule has 1 aromatic heterocycles. The molecule has 172 valence electrons. The molecule has 0 saturated heterocycles. The van der Waals surface area contributed by atoms with E-state index in [2.05, 4.69) is 10.3 Å². The Labute approximate surface area is 204 Å². The summed E-state index contributed by atoms with van der Waals surface area (Å²) in [5.41, 5.74) is 4.38. The maximum absolute atomic E-state index is 12.8. The smallest absolute Gasteiger partial charge is 0.328 e. The zero-order chi connectivity index (χ0) is 23.8. The van der Waals surface area contributed by atoms with Gasteiger partial charge in [-0.05, 0) is 24.1 Å². The van der Waals surface area contributed by atoms with Crippen molar-refractivity contribution in [2.75, 3.05) is 11.9 Å². The van der Waals surface area contributed by atoms with Crippen molar-refractivity contribution in [3.05, 3.63) is 113 Å². The first-order valence-corrected chi connectivity index (χ1v) is 11.6. The van der Waals surface area contributed by atoms with Gasteiger partial charge in [0.05, 0.1) is 24.2 Å². The lowest BCUT2D eigenvalue weighted by molar-refractivity contribution is -0.144. The van der Waals surface area contributed by atoms with Gasteiger partial charge in [-0.15, -0.1) is 0 Å². The summed E-state index contributed by atoms with van der Waals surface area (Å²) >= 11 is 6.45. The summed E-state index contributed by atoms with van der Waals surface area (Å²) in [4.78, 5) is 22.4. The molecule has 1 N–H and O–H groups in total. The summed E-state index contributed by atoms with van der Waals surface area (Å²) in [6.07, 6.45) is 2.66. The van der Waals surface area contributed by atoms with Crippen LogP contribution in [0.2, 0.25) is 5.02 Å². The number of carbonyl (C=O) groups is 1. The average molecular weight is 472 g/mol. The summed E-state index contributed by atoms with van der Waals surface area (Å²) in [5.74, 6) is 0.206. The predicted molar refractivity (Wildman–Crippen MR) is 136 cm³/mol. The van der Waals surface area contributed by atoms with Gasteiger partial charge >= 0.3 is 5.97 Å². The number of nitrogens with one attached hydrogen (secondary N) is 1. The lowest BCUT2D eigenvalue weighted by Crippen LogP contribution is -2.34. The van der Waals surface area contributed by atoms with Gasteiger partial charge in [0.2, 0.25) is 0 Å². The van der Waals surface area contributed by atoms with Gasteiger partial charge in [-0.2, -0.15) is 0 Å². The normalized spacial score (nSPS) is 11.6. The molecule has 0 aliphatic rings. The van der Waals surface area contributed by atoms with Crippen LogP contribution in [-0.2, 0) is 22.4 Å². The van der Waals surface area contributed by atoms with Gasteiger partial charge in [0.1, 0.15) is 11.9 Å². The summed E-state index contributed by atoms with van der Waals surface area (Å²) in [6, 6.07) is 26.8. The fourth-order valence-corrected chi connectivity index (χ4v) is 3.89. The molecule has 4 aromatic rings. The van der Waals surface area contributed by atoms with Crippen molar-refractivity contribution < 1.29 is 9.53 Å². The molecule has 1 heterocycles. The Hall–Kier alpha value is -3.70. The quantitative estimate of drug-likeness (QED) is 0.304. The Morgan fingerprint density at radius 2 is 1.65 bits per heavy atom.